The van der Waals surface area contributed by atoms with Crippen LogP contribution in [0.1, 0.15) is 34.1 Å². The van der Waals surface area contributed by atoms with Crippen LogP contribution in [-0.4, -0.2) is 72.2 Å². The van der Waals surface area contributed by atoms with Gasteiger partial charge in [0.2, 0.25) is 5.91 Å². The number of fused-ring (bicyclic) bond motifs is 1. The molecule has 1 N–H and O–H groups in total. The lowest BCUT2D eigenvalue weighted by atomic mass is 9.91. The number of carbonyl (C=O) groups excluding carboxylic acids is 4. The van der Waals surface area contributed by atoms with E-state index < -0.39 is 48.3 Å². The summed E-state index contributed by atoms with van der Waals surface area (Å²) in [5.74, 6) is -1.74. The molecule has 9 heteroatoms. The first-order valence-electron chi connectivity index (χ1n) is 8.22. The molecule has 2 rings (SSSR count). The van der Waals surface area contributed by atoms with E-state index in [1.54, 1.807) is 0 Å². The Morgan fingerprint density at radius 3 is 1.96 bits per heavy atom. The Labute approximate surface area is 145 Å². The van der Waals surface area contributed by atoms with Crippen LogP contribution in [0.3, 0.4) is 0 Å². The van der Waals surface area contributed by atoms with Gasteiger partial charge in [0.15, 0.2) is 12.2 Å². The van der Waals surface area contributed by atoms with Gasteiger partial charge in [-0.1, -0.05) is 0 Å². The topological polar surface area (TPSA) is 111 Å². The van der Waals surface area contributed by atoms with Gasteiger partial charge < -0.3 is 19.5 Å². The first-order valence-corrected chi connectivity index (χ1v) is 8.22. The van der Waals surface area contributed by atoms with Gasteiger partial charge in [0.1, 0.15) is 6.10 Å². The molecule has 0 aromatic rings. The summed E-state index contributed by atoms with van der Waals surface area (Å²) < 4.78 is 16.2. The predicted octanol–water partition coefficient (Wildman–Crippen LogP) is -0.626. The van der Waals surface area contributed by atoms with Crippen LogP contribution in [0.2, 0.25) is 0 Å². The maximum atomic E-state index is 11.6. The zero-order valence-corrected chi connectivity index (χ0v) is 14.8. The molecule has 2 saturated heterocycles. The van der Waals surface area contributed by atoms with E-state index in [1.807, 2.05) is 4.90 Å². The molecule has 2 heterocycles. The second-order valence-electron chi connectivity index (χ2n) is 6.38. The zero-order chi connectivity index (χ0) is 18.7. The second kappa shape index (κ2) is 7.81. The molecular formula is C16H24N2O7. The lowest BCUT2D eigenvalue weighted by Gasteiger charge is -2.42. The highest BCUT2D eigenvalue weighted by atomic mass is 16.6. The first-order chi connectivity index (χ1) is 11.7. The Morgan fingerprint density at radius 2 is 1.44 bits per heavy atom. The molecule has 0 aromatic heterocycles. The van der Waals surface area contributed by atoms with E-state index in [9.17, 15) is 19.2 Å². The van der Waals surface area contributed by atoms with Crippen LogP contribution in [0, 0.1) is 0 Å². The number of amides is 1. The van der Waals surface area contributed by atoms with Crippen molar-refractivity contribution in [2.75, 3.05) is 13.1 Å². The van der Waals surface area contributed by atoms with E-state index in [2.05, 4.69) is 5.32 Å². The van der Waals surface area contributed by atoms with Crippen LogP contribution in [0.5, 0.6) is 0 Å². The van der Waals surface area contributed by atoms with Crippen molar-refractivity contribution in [3.63, 3.8) is 0 Å². The van der Waals surface area contributed by atoms with Crippen LogP contribution >= 0.6 is 0 Å². The molecule has 0 aliphatic carbocycles. The van der Waals surface area contributed by atoms with Crippen molar-refractivity contribution in [1.29, 1.82) is 0 Å². The van der Waals surface area contributed by atoms with Gasteiger partial charge in [-0.2, -0.15) is 0 Å². The Kier molecular flexibility index (Phi) is 5.99. The molecular weight excluding hydrogens is 332 g/mol. The summed E-state index contributed by atoms with van der Waals surface area (Å²) >= 11 is 0. The number of esters is 3. The molecule has 0 spiro atoms. The lowest BCUT2D eigenvalue weighted by Crippen LogP contribution is -2.62. The number of rotatable bonds is 4. The van der Waals surface area contributed by atoms with Gasteiger partial charge in [-0.25, -0.2) is 0 Å². The minimum absolute atomic E-state index is 0.242. The van der Waals surface area contributed by atoms with E-state index >= 15 is 0 Å². The number of piperidine rings is 1. The van der Waals surface area contributed by atoms with Crippen LogP contribution in [0.15, 0.2) is 0 Å². The normalized spacial score (nSPS) is 31.6. The molecule has 0 bridgehead atoms. The van der Waals surface area contributed by atoms with Crippen molar-refractivity contribution >= 4 is 23.8 Å². The molecule has 0 radical (unpaired) electrons. The number of carbonyl (C=O) groups is 4. The second-order valence-corrected chi connectivity index (χ2v) is 6.38. The molecule has 0 saturated carbocycles. The molecule has 5 atom stereocenters. The monoisotopic (exact) mass is 356 g/mol. The highest BCUT2D eigenvalue weighted by Crippen LogP contribution is 2.33. The fourth-order valence-corrected chi connectivity index (χ4v) is 3.64. The summed E-state index contributed by atoms with van der Waals surface area (Å²) in [6.45, 7) is 6.17. The molecule has 1 amide bonds. The van der Waals surface area contributed by atoms with Crippen LogP contribution in [0.25, 0.3) is 0 Å². The Hall–Kier alpha value is -2.16. The minimum Gasteiger partial charge on any atom is -0.459 e. The van der Waals surface area contributed by atoms with Gasteiger partial charge in [-0.05, 0) is 6.42 Å². The fourth-order valence-electron chi connectivity index (χ4n) is 3.64. The van der Waals surface area contributed by atoms with Gasteiger partial charge in [-0.3, -0.25) is 24.1 Å². The lowest BCUT2D eigenvalue weighted by molar-refractivity contribution is -0.170. The maximum absolute atomic E-state index is 11.6. The van der Waals surface area contributed by atoms with Crippen molar-refractivity contribution in [3.05, 3.63) is 0 Å². The molecule has 0 aromatic carbocycles. The quantitative estimate of drug-likeness (QED) is 0.524. The van der Waals surface area contributed by atoms with Crippen LogP contribution in [-0.2, 0) is 33.4 Å². The molecule has 2 fully saturated rings. The van der Waals surface area contributed by atoms with E-state index in [1.165, 1.54) is 27.7 Å². The average Bonchev–Trinajstić information content (AvgIpc) is 2.77. The third-order valence-corrected chi connectivity index (χ3v) is 4.31. The summed E-state index contributed by atoms with van der Waals surface area (Å²) in [5.41, 5.74) is 0. The van der Waals surface area contributed by atoms with Gasteiger partial charge in [-0.15, -0.1) is 0 Å². The highest BCUT2D eigenvalue weighted by Gasteiger charge is 2.54. The molecule has 9 nitrogen and oxygen atoms in total. The molecule has 2 aliphatic rings. The standard InChI is InChI=1S/C16H24N2O7/c1-8(19)17-12-5-6-18-7-13(23-9(2)20)16(25-11(4)22)14(18)15(12)24-10(3)21/h12-16H,5-7H2,1-4H3,(H,17,19)/t12-,13-,14-,15-,16-/m1/s1. The van der Waals surface area contributed by atoms with Gasteiger partial charge in [0.25, 0.3) is 0 Å². The summed E-state index contributed by atoms with van der Waals surface area (Å²) in [5, 5.41) is 2.79. The largest absolute Gasteiger partial charge is 0.459 e. The van der Waals surface area contributed by atoms with Gasteiger partial charge in [0.05, 0.1) is 12.1 Å². The van der Waals surface area contributed by atoms with Gasteiger partial charge in [0, 0.05) is 40.8 Å². The summed E-state index contributed by atoms with van der Waals surface area (Å²) in [6.07, 6.45) is -1.57. The molecule has 140 valence electrons. The SMILES string of the molecule is CC(=O)N[C@@H]1CCN2C[C@@H](OC(C)=O)[C@@H](OC(C)=O)[C@H]2[C@@H]1OC(C)=O. The number of hydrogen-bond acceptors (Lipinski definition) is 8. The smallest absolute Gasteiger partial charge is 0.303 e. The molecule has 0 unspecified atom stereocenters. The fraction of sp³-hybridized carbons (Fsp3) is 0.750. The number of hydrogen-bond donors (Lipinski definition) is 1. The van der Waals surface area contributed by atoms with Crippen molar-refractivity contribution in [1.82, 2.24) is 10.2 Å². The Morgan fingerprint density at radius 1 is 0.880 bits per heavy atom. The van der Waals surface area contributed by atoms with Crippen molar-refractivity contribution in [3.8, 4) is 0 Å². The summed E-state index contributed by atoms with van der Waals surface area (Å²) in [6, 6.07) is -0.903. The van der Waals surface area contributed by atoms with Crippen LogP contribution < -0.4 is 5.32 Å². The third kappa shape index (κ3) is 4.68. The van der Waals surface area contributed by atoms with E-state index in [0.717, 1.165) is 0 Å². The Bertz CT molecular complexity index is 551. The van der Waals surface area contributed by atoms with Crippen molar-refractivity contribution < 1.29 is 33.4 Å². The highest BCUT2D eigenvalue weighted by molar-refractivity contribution is 5.73. The first kappa shape index (κ1) is 19.2. The maximum Gasteiger partial charge on any atom is 0.303 e. The number of ether oxygens (including phenoxy) is 3. The molecule has 25 heavy (non-hydrogen) atoms. The summed E-state index contributed by atoms with van der Waals surface area (Å²) in [7, 11) is 0. The number of nitrogens with one attached hydrogen (secondary N) is 1. The van der Waals surface area contributed by atoms with Crippen molar-refractivity contribution in [2.45, 2.75) is 64.5 Å². The molecule has 2 aliphatic heterocycles. The van der Waals surface area contributed by atoms with Crippen LogP contribution in [0.4, 0.5) is 0 Å². The Balaban J connectivity index is 2.31. The predicted molar refractivity (Wildman–Crippen MR) is 84.2 cm³/mol. The van der Waals surface area contributed by atoms with E-state index in [4.69, 9.17) is 14.2 Å². The van der Waals surface area contributed by atoms with Gasteiger partial charge >= 0.3 is 17.9 Å². The minimum atomic E-state index is -0.776. The van der Waals surface area contributed by atoms with E-state index in [0.29, 0.717) is 19.5 Å². The average molecular weight is 356 g/mol. The summed E-state index contributed by atoms with van der Waals surface area (Å²) in [4.78, 5) is 47.9. The zero-order valence-electron chi connectivity index (χ0n) is 14.8. The van der Waals surface area contributed by atoms with Crippen molar-refractivity contribution in [2.24, 2.45) is 0 Å². The van der Waals surface area contributed by atoms with E-state index in [-0.39, 0.29) is 5.91 Å². The third-order valence-electron chi connectivity index (χ3n) is 4.31. The number of nitrogens with zero attached hydrogens (tertiary/aromatic N) is 1.